The molecule has 2 saturated carbocycles. The van der Waals surface area contributed by atoms with Crippen LogP contribution in [-0.2, 0) is 24.5 Å². The Balaban J connectivity index is 0.854. The highest BCUT2D eigenvalue weighted by atomic mass is 16.3. The number of hydrogen-bond donors (Lipinski definition) is 4. The van der Waals surface area contributed by atoms with Gasteiger partial charge in [0.25, 0.3) is 11.1 Å². The van der Waals surface area contributed by atoms with Gasteiger partial charge in [0.2, 0.25) is 5.91 Å². The number of rotatable bonds is 7. The third-order valence-corrected chi connectivity index (χ3v) is 14.6. The average molecular weight is 780 g/mol. The minimum absolute atomic E-state index is 0.0474. The second-order valence-electron chi connectivity index (χ2n) is 18.5. The molecule has 6 aromatic rings. The van der Waals surface area contributed by atoms with Gasteiger partial charge in [0.1, 0.15) is 11.0 Å². The van der Waals surface area contributed by atoms with Crippen LogP contribution in [0.3, 0.4) is 0 Å². The number of carbonyl (C=O) groups excluding carboxylic acids is 1. The molecule has 4 aromatic heterocycles. The molecule has 2 aliphatic carbocycles. The van der Waals surface area contributed by atoms with E-state index in [-0.39, 0.29) is 17.0 Å². The lowest BCUT2D eigenvalue weighted by Gasteiger charge is -2.38. The van der Waals surface area contributed by atoms with Gasteiger partial charge in [0.15, 0.2) is 0 Å². The third kappa shape index (κ3) is 5.91. The fourth-order valence-electron chi connectivity index (χ4n) is 11.1. The molecule has 2 atom stereocenters. The van der Waals surface area contributed by atoms with Crippen LogP contribution in [0.4, 0.5) is 17.1 Å². The summed E-state index contributed by atoms with van der Waals surface area (Å²) in [5.74, 6) is 1.47. The molecule has 58 heavy (non-hydrogen) atoms. The second-order valence-corrected chi connectivity index (χ2v) is 18.5. The van der Waals surface area contributed by atoms with Crippen molar-refractivity contribution in [1.82, 2.24) is 19.1 Å². The number of hydrogen-bond acceptors (Lipinski definition) is 6. The van der Waals surface area contributed by atoms with Gasteiger partial charge in [-0.2, -0.15) is 0 Å². The van der Waals surface area contributed by atoms with Crippen molar-refractivity contribution in [2.75, 3.05) is 41.3 Å². The van der Waals surface area contributed by atoms with Gasteiger partial charge in [-0.15, -0.1) is 0 Å². The number of aromatic nitrogens is 4. The van der Waals surface area contributed by atoms with Crippen molar-refractivity contribution in [3.63, 3.8) is 0 Å². The monoisotopic (exact) mass is 779 g/mol. The molecular weight excluding hydrogens is 727 g/mol. The predicted molar refractivity (Wildman–Crippen MR) is 231 cm³/mol. The largest absolute Gasteiger partial charge is 0.386 e. The number of aryl methyl sites for hydroxylation is 2. The molecular formula is C47H53N7O4. The zero-order chi connectivity index (χ0) is 40.3. The van der Waals surface area contributed by atoms with Gasteiger partial charge in [-0.25, -0.2) is 0 Å². The lowest BCUT2D eigenvalue weighted by molar-refractivity contribution is -0.114. The van der Waals surface area contributed by atoms with E-state index in [0.29, 0.717) is 21.9 Å². The Bertz CT molecular complexity index is 2750. The van der Waals surface area contributed by atoms with Crippen molar-refractivity contribution in [1.29, 1.82) is 0 Å². The number of amides is 1. The van der Waals surface area contributed by atoms with Crippen molar-refractivity contribution < 1.29 is 9.90 Å². The van der Waals surface area contributed by atoms with Gasteiger partial charge in [-0.1, -0.05) is 6.07 Å². The highest BCUT2D eigenvalue weighted by Gasteiger charge is 2.68. The van der Waals surface area contributed by atoms with Crippen molar-refractivity contribution in [2.24, 2.45) is 36.8 Å². The second kappa shape index (κ2) is 13.0. The van der Waals surface area contributed by atoms with E-state index in [1.165, 1.54) is 45.4 Å². The molecule has 2 spiro atoms. The summed E-state index contributed by atoms with van der Waals surface area (Å²) in [5.41, 5.74) is 8.90. The summed E-state index contributed by atoms with van der Waals surface area (Å²) in [5, 5.41) is 15.8. The van der Waals surface area contributed by atoms with E-state index in [1.807, 2.05) is 56.8 Å². The highest BCUT2D eigenvalue weighted by molar-refractivity contribution is 6.00. The Hall–Kier alpha value is -5.55. The number of benzene rings is 2. The van der Waals surface area contributed by atoms with Gasteiger partial charge in [0.05, 0.1) is 5.60 Å². The van der Waals surface area contributed by atoms with Crippen molar-refractivity contribution in [3.05, 3.63) is 99.6 Å². The first kappa shape index (κ1) is 36.8. The van der Waals surface area contributed by atoms with Crippen LogP contribution < -0.4 is 26.2 Å². The lowest BCUT2D eigenvalue weighted by Crippen LogP contribution is -2.37. The molecule has 1 amide bonds. The smallest absolute Gasteiger partial charge is 0.274 e. The van der Waals surface area contributed by atoms with Gasteiger partial charge >= 0.3 is 0 Å². The maximum Gasteiger partial charge on any atom is 0.274 e. The quantitative estimate of drug-likeness (QED) is 0.133. The van der Waals surface area contributed by atoms with E-state index in [2.05, 4.69) is 55.4 Å². The minimum Gasteiger partial charge on any atom is -0.386 e. The molecule has 6 heterocycles. The molecule has 300 valence electrons. The number of aromatic amines is 2. The van der Waals surface area contributed by atoms with Crippen molar-refractivity contribution in [2.45, 2.75) is 64.9 Å². The first-order valence-electron chi connectivity index (χ1n) is 20.9. The number of nitrogens with one attached hydrogen (secondary N) is 3. The predicted octanol–water partition coefficient (Wildman–Crippen LogP) is 7.48. The van der Waals surface area contributed by atoms with Crippen LogP contribution in [-0.4, -0.2) is 56.3 Å². The standard InChI is InChI=1S/C47H53N7O4/c1-28(55)50-30-7-9-40(34(23-30)36-27-52(5)44(57)42-32(36)11-17-49-42)54-20-14-47(15-21-54)25-38(47)37-24-46(37)12-18-53(19-13-46)39-8-6-29(45(2,3)58)22-33(39)35-26-51(4)43(56)41-31(35)10-16-48-41/h6-11,16-17,22-23,26-27,37-38,48-49,58H,12-15,18-21,24-25H2,1-5H3,(H,50,55). The van der Waals surface area contributed by atoms with Gasteiger partial charge < -0.3 is 39.3 Å². The summed E-state index contributed by atoms with van der Waals surface area (Å²) in [6.07, 6.45) is 14.9. The first-order chi connectivity index (χ1) is 27.7. The summed E-state index contributed by atoms with van der Waals surface area (Å²) >= 11 is 0. The van der Waals surface area contributed by atoms with E-state index >= 15 is 0 Å². The number of carbonyl (C=O) groups is 1. The topological polar surface area (TPSA) is 131 Å². The molecule has 2 saturated heterocycles. The Morgan fingerprint density at radius 2 is 1.17 bits per heavy atom. The number of fused-ring (bicyclic) bond motifs is 2. The first-order valence-corrected chi connectivity index (χ1v) is 20.9. The number of H-pyrrole nitrogens is 2. The number of nitrogens with zero attached hydrogens (tertiary/aromatic N) is 4. The fourth-order valence-corrected chi connectivity index (χ4v) is 11.1. The molecule has 4 fully saturated rings. The molecule has 4 N–H and O–H groups in total. The van der Waals surface area contributed by atoms with Crippen LogP contribution in [0.5, 0.6) is 0 Å². The highest BCUT2D eigenvalue weighted by Crippen LogP contribution is 2.75. The molecule has 0 bridgehead atoms. The Kier molecular flexibility index (Phi) is 8.23. The number of anilines is 3. The molecule has 10 rings (SSSR count). The summed E-state index contributed by atoms with van der Waals surface area (Å²) in [4.78, 5) is 49.3. The molecule has 11 heteroatoms. The molecule has 0 radical (unpaired) electrons. The SMILES string of the molecule is CC(=O)Nc1ccc(N2CCC3(CC2)CC3C2CC23CCN(c2ccc(C(C)(C)O)cc2-c2cn(C)c(=O)c4[nH]ccc24)CC3)c(-c2cn(C)c(=O)c3[nH]ccc23)c1. The third-order valence-electron chi connectivity index (χ3n) is 14.6. The summed E-state index contributed by atoms with van der Waals surface area (Å²) in [6.45, 7) is 9.15. The molecule has 2 aliphatic heterocycles. The molecule has 2 unspecified atom stereocenters. The molecule has 4 aliphatic rings. The van der Waals surface area contributed by atoms with Crippen molar-refractivity contribution >= 4 is 44.8 Å². The van der Waals surface area contributed by atoms with Crippen LogP contribution in [0.1, 0.15) is 64.9 Å². The van der Waals surface area contributed by atoms with E-state index in [4.69, 9.17) is 0 Å². The minimum atomic E-state index is -0.992. The summed E-state index contributed by atoms with van der Waals surface area (Å²) in [7, 11) is 3.59. The summed E-state index contributed by atoms with van der Waals surface area (Å²) < 4.78 is 3.29. The van der Waals surface area contributed by atoms with E-state index in [9.17, 15) is 19.5 Å². The van der Waals surface area contributed by atoms with Crippen LogP contribution in [0, 0.1) is 22.7 Å². The maximum absolute atomic E-state index is 13.0. The number of piperidine rings is 2. The van der Waals surface area contributed by atoms with E-state index in [1.54, 1.807) is 23.2 Å². The Morgan fingerprint density at radius 3 is 1.64 bits per heavy atom. The van der Waals surface area contributed by atoms with E-state index < -0.39 is 5.60 Å². The van der Waals surface area contributed by atoms with E-state index in [0.717, 1.165) is 93.7 Å². The van der Waals surface area contributed by atoms with Crippen LogP contribution in [0.15, 0.2) is 82.9 Å². The number of pyridine rings is 2. The lowest BCUT2D eigenvalue weighted by atomic mass is 9.84. The van der Waals surface area contributed by atoms with Crippen LogP contribution in [0.2, 0.25) is 0 Å². The number of aliphatic hydroxyl groups is 1. The summed E-state index contributed by atoms with van der Waals surface area (Å²) in [6, 6.07) is 16.5. The van der Waals surface area contributed by atoms with Crippen LogP contribution in [0.25, 0.3) is 44.1 Å². The van der Waals surface area contributed by atoms with Gasteiger partial charge in [-0.05, 0) is 123 Å². The molecule has 11 nitrogen and oxygen atoms in total. The Labute approximate surface area is 337 Å². The zero-order valence-electron chi connectivity index (χ0n) is 34.1. The van der Waals surface area contributed by atoms with Gasteiger partial charge in [0, 0.05) is 122 Å². The average Bonchev–Trinajstić information content (AvgIpc) is 3.84. The van der Waals surface area contributed by atoms with Crippen molar-refractivity contribution in [3.8, 4) is 22.3 Å². The zero-order valence-corrected chi connectivity index (χ0v) is 34.1. The van der Waals surface area contributed by atoms with Crippen LogP contribution >= 0.6 is 0 Å². The fraction of sp³-hybridized carbons (Fsp3) is 0.426. The Morgan fingerprint density at radius 1 is 0.707 bits per heavy atom. The normalized spacial score (nSPS) is 21.0. The van der Waals surface area contributed by atoms with Gasteiger partial charge in [-0.3, -0.25) is 14.4 Å². The molecule has 2 aromatic carbocycles. The maximum atomic E-state index is 13.0.